The highest BCUT2D eigenvalue weighted by Gasteiger charge is 2.16. The molecule has 2 heterocycles. The van der Waals surface area contributed by atoms with Crippen LogP contribution in [-0.2, 0) is 11.2 Å². The molecule has 0 spiro atoms. The van der Waals surface area contributed by atoms with Gasteiger partial charge in [0, 0.05) is 28.1 Å². The largest absolute Gasteiger partial charge is 0.325 e. The van der Waals surface area contributed by atoms with Gasteiger partial charge in [-0.3, -0.25) is 25.2 Å². The number of nitrogens with one attached hydrogen (secondary N) is 3. The van der Waals surface area contributed by atoms with Crippen LogP contribution in [0.4, 0.5) is 0 Å². The molecule has 0 fully saturated rings. The second kappa shape index (κ2) is 10.4. The van der Waals surface area contributed by atoms with E-state index in [-0.39, 0.29) is 12.0 Å². The van der Waals surface area contributed by atoms with E-state index in [0.717, 1.165) is 11.1 Å². The number of pyridine rings is 2. The van der Waals surface area contributed by atoms with Gasteiger partial charge < -0.3 is 4.98 Å². The highest BCUT2D eigenvalue weighted by molar-refractivity contribution is 6.30. The smallest absolute Gasteiger partial charge is 0.270 e. The average Bonchev–Trinajstić information content (AvgIpc) is 2.87. The van der Waals surface area contributed by atoms with E-state index >= 15 is 0 Å². The fourth-order valence-corrected chi connectivity index (χ4v) is 4.17. The van der Waals surface area contributed by atoms with E-state index in [9.17, 15) is 19.6 Å². The lowest BCUT2D eigenvalue weighted by molar-refractivity contribution is -0.121. The van der Waals surface area contributed by atoms with E-state index in [1.165, 1.54) is 0 Å². The number of H-pyrrole nitrogens is 1. The predicted octanol–water partition coefficient (Wildman–Crippen LogP) is 4.13. The van der Waals surface area contributed by atoms with Crippen molar-refractivity contribution in [2.75, 3.05) is 0 Å². The summed E-state index contributed by atoms with van der Waals surface area (Å²) < 4.78 is 0. The van der Waals surface area contributed by atoms with Gasteiger partial charge in [-0.25, -0.2) is 4.98 Å². The highest BCUT2D eigenvalue weighted by Crippen LogP contribution is 2.26. The van der Waals surface area contributed by atoms with Crippen LogP contribution in [0, 0.1) is 25.2 Å². The molecule has 2 aromatic heterocycles. The Bertz CT molecular complexity index is 1590. The van der Waals surface area contributed by atoms with Crippen molar-refractivity contribution in [3.05, 3.63) is 97.9 Å². The number of para-hydroxylation sites is 1. The number of benzene rings is 2. The van der Waals surface area contributed by atoms with Crippen LogP contribution in [0.3, 0.4) is 0 Å². The molecule has 0 saturated heterocycles. The summed E-state index contributed by atoms with van der Waals surface area (Å²) in [7, 11) is 0. The van der Waals surface area contributed by atoms with Crippen LogP contribution in [0.25, 0.3) is 22.2 Å². The number of aromatic nitrogens is 2. The monoisotopic (exact) mass is 499 g/mol. The lowest BCUT2D eigenvalue weighted by Gasteiger charge is -2.13. The number of carbonyl (C=O) groups is 2. The molecule has 36 heavy (non-hydrogen) atoms. The highest BCUT2D eigenvalue weighted by atomic mass is 35.5. The first-order chi connectivity index (χ1) is 17.3. The van der Waals surface area contributed by atoms with E-state index in [1.54, 1.807) is 38.1 Å². The number of carbonyl (C=O) groups excluding carboxylic acids is 2. The van der Waals surface area contributed by atoms with Gasteiger partial charge in [0.25, 0.3) is 11.5 Å². The normalized spacial score (nSPS) is 10.6. The number of amides is 2. The summed E-state index contributed by atoms with van der Waals surface area (Å²) in [4.78, 5) is 44.7. The van der Waals surface area contributed by atoms with Gasteiger partial charge in [-0.05, 0) is 55.7 Å². The maximum absolute atomic E-state index is 13.1. The summed E-state index contributed by atoms with van der Waals surface area (Å²) in [6.07, 6.45) is 0.343. The van der Waals surface area contributed by atoms with Crippen LogP contribution in [0.15, 0.2) is 59.4 Å². The molecule has 0 aliphatic rings. The Morgan fingerprint density at radius 3 is 2.53 bits per heavy atom. The number of hydrazine groups is 1. The number of hydrogen-bond donors (Lipinski definition) is 3. The van der Waals surface area contributed by atoms with Gasteiger partial charge in [0.1, 0.15) is 11.6 Å². The van der Waals surface area contributed by atoms with Crippen molar-refractivity contribution in [1.82, 2.24) is 20.8 Å². The van der Waals surface area contributed by atoms with Gasteiger partial charge in [0.15, 0.2) is 0 Å². The third kappa shape index (κ3) is 5.11. The lowest BCUT2D eigenvalue weighted by atomic mass is 9.99. The van der Waals surface area contributed by atoms with E-state index in [0.29, 0.717) is 44.9 Å². The van der Waals surface area contributed by atoms with Crippen LogP contribution < -0.4 is 16.4 Å². The van der Waals surface area contributed by atoms with Crippen LogP contribution in [0.5, 0.6) is 0 Å². The number of halogens is 1. The van der Waals surface area contributed by atoms with Crippen molar-refractivity contribution in [3.63, 3.8) is 0 Å². The number of aryl methyl sites for hydroxylation is 1. The first-order valence-electron chi connectivity index (χ1n) is 11.2. The third-order valence-electron chi connectivity index (χ3n) is 5.94. The SMILES string of the molecule is Cc1[nH]c(=O)c(C#N)c(C)c1CCC(=O)NNC(=O)c1cc(-c2ccc(Cl)cc2)nc2ccccc12. The number of fused-ring (bicyclic) bond motifs is 1. The van der Waals surface area contributed by atoms with Crippen molar-refractivity contribution < 1.29 is 9.59 Å². The third-order valence-corrected chi connectivity index (χ3v) is 6.19. The van der Waals surface area contributed by atoms with E-state index in [1.807, 2.05) is 36.4 Å². The average molecular weight is 500 g/mol. The van der Waals surface area contributed by atoms with E-state index < -0.39 is 17.4 Å². The number of rotatable bonds is 5. The molecule has 0 radical (unpaired) electrons. The van der Waals surface area contributed by atoms with Crippen molar-refractivity contribution in [2.24, 2.45) is 0 Å². The van der Waals surface area contributed by atoms with Crippen LogP contribution in [-0.4, -0.2) is 21.8 Å². The van der Waals surface area contributed by atoms with Gasteiger partial charge in [-0.15, -0.1) is 0 Å². The van der Waals surface area contributed by atoms with Crippen molar-refractivity contribution in [3.8, 4) is 17.3 Å². The summed E-state index contributed by atoms with van der Waals surface area (Å²) >= 11 is 6.00. The molecule has 3 N–H and O–H groups in total. The number of nitrogens with zero attached hydrogens (tertiary/aromatic N) is 2. The van der Waals surface area contributed by atoms with Gasteiger partial charge in [-0.2, -0.15) is 5.26 Å². The molecule has 2 amide bonds. The van der Waals surface area contributed by atoms with Crippen molar-refractivity contribution in [2.45, 2.75) is 26.7 Å². The molecule has 0 unspecified atom stereocenters. The fourth-order valence-electron chi connectivity index (χ4n) is 4.05. The Labute approximate surface area is 211 Å². The summed E-state index contributed by atoms with van der Waals surface area (Å²) in [6.45, 7) is 3.40. The van der Waals surface area contributed by atoms with Gasteiger partial charge in [-0.1, -0.05) is 41.9 Å². The molecule has 4 aromatic rings. The molecule has 4 rings (SSSR count). The minimum absolute atomic E-state index is 0.0327. The quantitative estimate of drug-likeness (QED) is 0.356. The predicted molar refractivity (Wildman–Crippen MR) is 137 cm³/mol. The zero-order valence-corrected chi connectivity index (χ0v) is 20.4. The van der Waals surface area contributed by atoms with Gasteiger partial charge in [0.2, 0.25) is 5.91 Å². The Kier molecular flexibility index (Phi) is 7.13. The van der Waals surface area contributed by atoms with Crippen LogP contribution in [0.1, 0.15) is 39.2 Å². The zero-order chi connectivity index (χ0) is 25.8. The lowest BCUT2D eigenvalue weighted by Crippen LogP contribution is -2.41. The summed E-state index contributed by atoms with van der Waals surface area (Å²) in [5.74, 6) is -0.900. The summed E-state index contributed by atoms with van der Waals surface area (Å²) in [5, 5.41) is 10.5. The van der Waals surface area contributed by atoms with Gasteiger partial charge >= 0.3 is 0 Å². The number of aromatic amines is 1. The zero-order valence-electron chi connectivity index (χ0n) is 19.6. The van der Waals surface area contributed by atoms with Crippen LogP contribution in [0.2, 0.25) is 5.02 Å². The molecule has 9 heteroatoms. The topological polar surface area (TPSA) is 128 Å². The maximum atomic E-state index is 13.1. The molecule has 180 valence electrons. The molecule has 0 aliphatic carbocycles. The second-order valence-electron chi connectivity index (χ2n) is 8.25. The fraction of sp³-hybridized carbons (Fsp3) is 0.148. The Morgan fingerprint density at radius 2 is 1.81 bits per heavy atom. The van der Waals surface area contributed by atoms with Crippen LogP contribution >= 0.6 is 11.6 Å². The van der Waals surface area contributed by atoms with E-state index in [4.69, 9.17) is 11.6 Å². The number of hydrogen-bond acceptors (Lipinski definition) is 5. The second-order valence-corrected chi connectivity index (χ2v) is 8.69. The number of nitriles is 1. The van der Waals surface area contributed by atoms with Crippen molar-refractivity contribution in [1.29, 1.82) is 5.26 Å². The first-order valence-corrected chi connectivity index (χ1v) is 11.5. The minimum Gasteiger partial charge on any atom is -0.325 e. The molecule has 0 saturated carbocycles. The van der Waals surface area contributed by atoms with Gasteiger partial charge in [0.05, 0.1) is 16.8 Å². The first kappa shape index (κ1) is 24.6. The molecule has 2 aromatic carbocycles. The van der Waals surface area contributed by atoms with Crippen molar-refractivity contribution >= 4 is 34.3 Å². The minimum atomic E-state index is -0.486. The molecular formula is C27H22ClN5O3. The molecule has 0 aliphatic heterocycles. The van der Waals surface area contributed by atoms with E-state index in [2.05, 4.69) is 20.8 Å². The summed E-state index contributed by atoms with van der Waals surface area (Å²) in [6, 6.07) is 18.0. The molecule has 8 nitrogen and oxygen atoms in total. The standard InChI is InChI=1S/C27H22ClN5O3/c1-15-19(16(2)30-26(35)22(15)14-29)11-12-25(34)32-33-27(36)21-13-24(17-7-9-18(28)10-8-17)31-23-6-4-3-5-20(21)23/h3-10,13H,11-12H2,1-2H3,(H,30,35)(H,32,34)(H,33,36). The molecule has 0 bridgehead atoms. The Balaban J connectivity index is 1.50. The molecular weight excluding hydrogens is 478 g/mol. The molecule has 0 atom stereocenters. The Morgan fingerprint density at radius 1 is 1.08 bits per heavy atom. The Hall–Kier alpha value is -4.48. The summed E-state index contributed by atoms with van der Waals surface area (Å²) in [5.41, 5.74) is 8.78. The maximum Gasteiger partial charge on any atom is 0.270 e.